The van der Waals surface area contributed by atoms with E-state index < -0.39 is 0 Å². The molecule has 0 bridgehead atoms. The van der Waals surface area contributed by atoms with Crippen LogP contribution >= 0.6 is 0 Å². The summed E-state index contributed by atoms with van der Waals surface area (Å²) >= 11 is 0. The molecule has 1 N–H and O–H groups in total. The smallest absolute Gasteiger partial charge is 0.0573 e. The van der Waals surface area contributed by atoms with Gasteiger partial charge in [0.15, 0.2) is 0 Å². The molecule has 0 amide bonds. The van der Waals surface area contributed by atoms with Gasteiger partial charge in [0, 0.05) is 0 Å². The van der Waals surface area contributed by atoms with Crippen molar-refractivity contribution in [1.29, 1.82) is 0 Å². The van der Waals surface area contributed by atoms with Gasteiger partial charge < -0.3 is 5.11 Å². The molecule has 3 aliphatic carbocycles. The first-order chi connectivity index (χ1) is 12.1. The Balaban J connectivity index is 1.44. The van der Waals surface area contributed by atoms with Gasteiger partial charge in [0.05, 0.1) is 6.10 Å². The van der Waals surface area contributed by atoms with Crippen molar-refractivity contribution in [2.45, 2.75) is 110 Å². The second-order valence-corrected chi connectivity index (χ2v) is 10.3. The zero-order chi connectivity index (χ0) is 17.8. The van der Waals surface area contributed by atoms with Gasteiger partial charge in [0.2, 0.25) is 0 Å². The normalized spacial score (nSPS) is 41.3. The first kappa shape index (κ1) is 19.7. The molecule has 0 aromatic rings. The number of aliphatic hydroxyl groups is 1. The molecule has 0 saturated heterocycles. The van der Waals surface area contributed by atoms with Gasteiger partial charge in [-0.05, 0) is 80.0 Å². The maximum atomic E-state index is 10.6. The first-order valence-electron chi connectivity index (χ1n) is 11.8. The zero-order valence-electron chi connectivity index (χ0n) is 17.3. The van der Waals surface area contributed by atoms with Crippen LogP contribution in [0.1, 0.15) is 104 Å². The molecule has 3 fully saturated rings. The number of hydrogen-bond donors (Lipinski definition) is 1. The van der Waals surface area contributed by atoms with Gasteiger partial charge in [-0.25, -0.2) is 0 Å². The Hall–Kier alpha value is -0.0400. The molecule has 146 valence electrons. The van der Waals surface area contributed by atoms with Crippen LogP contribution in [0.2, 0.25) is 0 Å². The zero-order valence-corrected chi connectivity index (χ0v) is 17.3. The monoisotopic (exact) mass is 348 g/mol. The highest BCUT2D eigenvalue weighted by Crippen LogP contribution is 2.48. The van der Waals surface area contributed by atoms with E-state index in [-0.39, 0.29) is 6.10 Å². The SMILES string of the molecule is CC[C@H](C[C@H](C)CCC1C2CCCCC2C[C@@H]1O)C1CCC(C)CC1. The van der Waals surface area contributed by atoms with Crippen LogP contribution in [0, 0.1) is 41.4 Å². The van der Waals surface area contributed by atoms with Gasteiger partial charge in [-0.3, -0.25) is 0 Å². The summed E-state index contributed by atoms with van der Waals surface area (Å²) in [6.45, 7) is 7.35. The molecule has 0 aliphatic heterocycles. The highest BCUT2D eigenvalue weighted by atomic mass is 16.3. The maximum Gasteiger partial charge on any atom is 0.0573 e. The van der Waals surface area contributed by atoms with Crippen molar-refractivity contribution in [1.82, 2.24) is 0 Å². The Labute approximate surface area is 157 Å². The van der Waals surface area contributed by atoms with Crippen LogP contribution in [0.25, 0.3) is 0 Å². The fourth-order valence-electron chi connectivity index (χ4n) is 6.83. The molecule has 3 aliphatic rings. The summed E-state index contributed by atoms with van der Waals surface area (Å²) in [4.78, 5) is 0. The summed E-state index contributed by atoms with van der Waals surface area (Å²) in [5.74, 6) is 6.12. The third-order valence-corrected chi connectivity index (χ3v) is 8.51. The fourth-order valence-corrected chi connectivity index (χ4v) is 6.83. The van der Waals surface area contributed by atoms with Crippen molar-refractivity contribution in [2.24, 2.45) is 41.4 Å². The lowest BCUT2D eigenvalue weighted by molar-refractivity contribution is 0.100. The molecule has 0 radical (unpaired) electrons. The summed E-state index contributed by atoms with van der Waals surface area (Å²) in [5, 5.41) is 10.6. The van der Waals surface area contributed by atoms with E-state index in [2.05, 4.69) is 20.8 Å². The molecule has 3 unspecified atom stereocenters. The Morgan fingerprint density at radius 1 is 1.00 bits per heavy atom. The van der Waals surface area contributed by atoms with Gasteiger partial charge in [-0.15, -0.1) is 0 Å². The minimum atomic E-state index is 0.0158. The summed E-state index contributed by atoms with van der Waals surface area (Å²) in [6.07, 6.45) is 18.1. The molecule has 1 heteroatoms. The first-order valence-corrected chi connectivity index (χ1v) is 11.8. The lowest BCUT2D eigenvalue weighted by atomic mass is 9.72. The van der Waals surface area contributed by atoms with Gasteiger partial charge in [0.25, 0.3) is 0 Å². The molecule has 6 atom stereocenters. The summed E-state index contributed by atoms with van der Waals surface area (Å²) in [6, 6.07) is 0. The summed E-state index contributed by atoms with van der Waals surface area (Å²) < 4.78 is 0. The van der Waals surface area contributed by atoms with Crippen LogP contribution in [-0.2, 0) is 0 Å². The van der Waals surface area contributed by atoms with E-state index >= 15 is 0 Å². The lowest BCUT2D eigenvalue weighted by Gasteiger charge is -2.34. The molecule has 3 saturated carbocycles. The standard InChI is InChI=1S/C24H44O/c1-4-19(20-12-9-17(2)10-13-20)15-18(3)11-14-23-22-8-6-5-7-21(22)16-24(23)25/h17-25H,4-16H2,1-3H3/t17?,18-,19-,20?,21?,22?,23?,24+/m1/s1. The quantitative estimate of drug-likeness (QED) is 0.534. The van der Waals surface area contributed by atoms with Crippen LogP contribution in [0.5, 0.6) is 0 Å². The highest BCUT2D eigenvalue weighted by molar-refractivity contribution is 4.93. The third kappa shape index (κ3) is 5.02. The van der Waals surface area contributed by atoms with E-state index in [1.807, 2.05) is 0 Å². The van der Waals surface area contributed by atoms with Gasteiger partial charge >= 0.3 is 0 Å². The molecule has 1 nitrogen and oxygen atoms in total. The number of rotatable bonds is 7. The van der Waals surface area contributed by atoms with E-state index in [1.54, 1.807) is 0 Å². The number of hydrogen-bond acceptors (Lipinski definition) is 1. The second-order valence-electron chi connectivity index (χ2n) is 10.3. The summed E-state index contributed by atoms with van der Waals surface area (Å²) in [7, 11) is 0. The van der Waals surface area contributed by atoms with Crippen LogP contribution < -0.4 is 0 Å². The van der Waals surface area contributed by atoms with E-state index in [0.29, 0.717) is 5.92 Å². The molecule has 25 heavy (non-hydrogen) atoms. The van der Waals surface area contributed by atoms with E-state index in [4.69, 9.17) is 0 Å². The highest BCUT2D eigenvalue weighted by Gasteiger charge is 2.42. The van der Waals surface area contributed by atoms with Gasteiger partial charge in [-0.2, -0.15) is 0 Å². The third-order valence-electron chi connectivity index (χ3n) is 8.51. The number of fused-ring (bicyclic) bond motifs is 1. The predicted octanol–water partition coefficient (Wildman–Crippen LogP) is 6.83. The Bertz CT molecular complexity index is 384. The van der Waals surface area contributed by atoms with E-state index in [0.717, 1.165) is 41.9 Å². The second kappa shape index (κ2) is 9.25. The van der Waals surface area contributed by atoms with E-state index in [1.165, 1.54) is 77.0 Å². The average Bonchev–Trinajstić information content (AvgIpc) is 2.94. The minimum Gasteiger partial charge on any atom is -0.393 e. The molecular formula is C24H44O. The largest absolute Gasteiger partial charge is 0.393 e. The van der Waals surface area contributed by atoms with Gasteiger partial charge in [-0.1, -0.05) is 65.7 Å². The maximum absolute atomic E-state index is 10.6. The van der Waals surface area contributed by atoms with Crippen LogP contribution in [0.4, 0.5) is 0 Å². The van der Waals surface area contributed by atoms with Crippen LogP contribution in [-0.4, -0.2) is 11.2 Å². The van der Waals surface area contributed by atoms with Crippen molar-refractivity contribution in [3.8, 4) is 0 Å². The van der Waals surface area contributed by atoms with Crippen molar-refractivity contribution in [2.75, 3.05) is 0 Å². The van der Waals surface area contributed by atoms with Crippen molar-refractivity contribution in [3.05, 3.63) is 0 Å². The molecule has 0 spiro atoms. The Morgan fingerprint density at radius 3 is 2.44 bits per heavy atom. The molecule has 0 aromatic carbocycles. The van der Waals surface area contributed by atoms with Crippen molar-refractivity contribution < 1.29 is 5.11 Å². The van der Waals surface area contributed by atoms with E-state index in [9.17, 15) is 5.11 Å². The molecule has 3 rings (SSSR count). The minimum absolute atomic E-state index is 0.0158. The Kier molecular flexibility index (Phi) is 7.29. The van der Waals surface area contributed by atoms with Crippen molar-refractivity contribution >= 4 is 0 Å². The van der Waals surface area contributed by atoms with Crippen LogP contribution in [0.15, 0.2) is 0 Å². The molecule has 0 heterocycles. The molecule has 0 aromatic heterocycles. The predicted molar refractivity (Wildman–Crippen MR) is 107 cm³/mol. The Morgan fingerprint density at radius 2 is 1.72 bits per heavy atom. The topological polar surface area (TPSA) is 20.2 Å². The van der Waals surface area contributed by atoms with Crippen molar-refractivity contribution in [3.63, 3.8) is 0 Å². The summed E-state index contributed by atoms with van der Waals surface area (Å²) in [5.41, 5.74) is 0. The molecular weight excluding hydrogens is 304 g/mol. The van der Waals surface area contributed by atoms with Gasteiger partial charge in [0.1, 0.15) is 0 Å². The number of aliphatic hydroxyl groups excluding tert-OH is 1. The average molecular weight is 349 g/mol. The lowest BCUT2D eigenvalue weighted by Crippen LogP contribution is -2.24. The van der Waals surface area contributed by atoms with Crippen LogP contribution in [0.3, 0.4) is 0 Å². The fraction of sp³-hybridized carbons (Fsp3) is 1.00.